The van der Waals surface area contributed by atoms with Gasteiger partial charge in [0.05, 0.1) is 6.61 Å². The number of halogens is 1. The molecule has 0 spiro atoms. The molecule has 0 aliphatic rings. The zero-order valence-electron chi connectivity index (χ0n) is 11.7. The third-order valence-electron chi connectivity index (χ3n) is 3.08. The van der Waals surface area contributed by atoms with Crippen LogP contribution in [0, 0.1) is 0 Å². The fourth-order valence-corrected chi connectivity index (χ4v) is 2.28. The summed E-state index contributed by atoms with van der Waals surface area (Å²) in [6, 6.07) is 16.1. The van der Waals surface area contributed by atoms with Gasteiger partial charge in [-0.25, -0.2) is 0 Å². The highest BCUT2D eigenvalue weighted by Crippen LogP contribution is 2.18. The van der Waals surface area contributed by atoms with Crippen LogP contribution in [-0.4, -0.2) is 13.2 Å². The van der Waals surface area contributed by atoms with Crippen molar-refractivity contribution in [2.75, 3.05) is 18.5 Å². The van der Waals surface area contributed by atoms with Crippen molar-refractivity contribution < 1.29 is 4.74 Å². The molecule has 0 amide bonds. The Kier molecular flexibility index (Phi) is 5.75. The lowest BCUT2D eigenvalue weighted by molar-refractivity contribution is 0.340. The Morgan fingerprint density at radius 3 is 2.50 bits per heavy atom. The van der Waals surface area contributed by atoms with E-state index in [1.165, 1.54) is 5.56 Å². The van der Waals surface area contributed by atoms with E-state index in [0.717, 1.165) is 35.8 Å². The molecule has 20 heavy (non-hydrogen) atoms. The number of benzene rings is 2. The number of nitrogens with one attached hydrogen (secondary N) is 1. The molecule has 0 fully saturated rings. The Morgan fingerprint density at radius 1 is 1.05 bits per heavy atom. The molecule has 2 nitrogen and oxygen atoms in total. The summed E-state index contributed by atoms with van der Waals surface area (Å²) in [6.07, 6.45) is 2.04. The molecule has 0 aromatic heterocycles. The van der Waals surface area contributed by atoms with Crippen LogP contribution in [0.1, 0.15) is 18.9 Å². The van der Waals surface area contributed by atoms with Gasteiger partial charge >= 0.3 is 0 Å². The van der Waals surface area contributed by atoms with Gasteiger partial charge in [-0.05, 0) is 55.7 Å². The van der Waals surface area contributed by atoms with E-state index in [9.17, 15) is 0 Å². The van der Waals surface area contributed by atoms with Crippen LogP contribution in [0.4, 0.5) is 5.69 Å². The first-order chi connectivity index (χ1) is 9.79. The van der Waals surface area contributed by atoms with Gasteiger partial charge in [0, 0.05) is 17.3 Å². The van der Waals surface area contributed by atoms with Crippen LogP contribution in [0.3, 0.4) is 0 Å². The zero-order chi connectivity index (χ0) is 14.2. The molecule has 3 heteroatoms. The van der Waals surface area contributed by atoms with E-state index < -0.39 is 0 Å². The Bertz CT molecular complexity index is 525. The first-order valence-corrected chi connectivity index (χ1v) is 7.37. The molecule has 0 bridgehead atoms. The standard InChI is InChI=1S/C17H20ClNO/c1-2-20-16-11-9-15(10-12-16)19-13-5-7-14-6-3-4-8-17(14)18/h3-4,6,8-12,19H,2,5,7,13H2,1H3. The molecular weight excluding hydrogens is 270 g/mol. The molecule has 0 unspecified atom stereocenters. The maximum Gasteiger partial charge on any atom is 0.119 e. The van der Waals surface area contributed by atoms with E-state index in [-0.39, 0.29) is 0 Å². The Labute approximate surface area is 125 Å². The van der Waals surface area contributed by atoms with Gasteiger partial charge in [-0.15, -0.1) is 0 Å². The van der Waals surface area contributed by atoms with Gasteiger partial charge in [0.2, 0.25) is 0 Å². The first-order valence-electron chi connectivity index (χ1n) is 6.99. The highest BCUT2D eigenvalue weighted by Gasteiger charge is 1.99. The molecule has 0 saturated carbocycles. The average molecular weight is 290 g/mol. The van der Waals surface area contributed by atoms with Gasteiger partial charge in [-0.2, -0.15) is 0 Å². The average Bonchev–Trinajstić information content (AvgIpc) is 2.47. The van der Waals surface area contributed by atoms with Crippen molar-refractivity contribution in [2.24, 2.45) is 0 Å². The Morgan fingerprint density at radius 2 is 1.80 bits per heavy atom. The summed E-state index contributed by atoms with van der Waals surface area (Å²) in [7, 11) is 0. The quantitative estimate of drug-likeness (QED) is 0.740. The summed E-state index contributed by atoms with van der Waals surface area (Å²) < 4.78 is 5.42. The second kappa shape index (κ2) is 7.81. The van der Waals surface area contributed by atoms with Gasteiger partial charge in [-0.1, -0.05) is 29.8 Å². The summed E-state index contributed by atoms with van der Waals surface area (Å²) in [5, 5.41) is 4.26. The summed E-state index contributed by atoms with van der Waals surface area (Å²) >= 11 is 6.13. The third kappa shape index (κ3) is 4.46. The highest BCUT2D eigenvalue weighted by molar-refractivity contribution is 6.31. The van der Waals surface area contributed by atoms with Crippen LogP contribution in [0.15, 0.2) is 48.5 Å². The SMILES string of the molecule is CCOc1ccc(NCCCc2ccccc2Cl)cc1. The van der Waals surface area contributed by atoms with Gasteiger partial charge in [0.1, 0.15) is 5.75 Å². The Hall–Kier alpha value is -1.67. The number of rotatable bonds is 7. The number of hydrogen-bond acceptors (Lipinski definition) is 2. The smallest absolute Gasteiger partial charge is 0.119 e. The van der Waals surface area contributed by atoms with Crippen molar-refractivity contribution in [3.63, 3.8) is 0 Å². The van der Waals surface area contributed by atoms with E-state index in [2.05, 4.69) is 11.4 Å². The molecule has 1 N–H and O–H groups in total. The largest absolute Gasteiger partial charge is 0.494 e. The molecule has 0 saturated heterocycles. The lowest BCUT2D eigenvalue weighted by Crippen LogP contribution is -2.03. The van der Waals surface area contributed by atoms with Crippen LogP contribution in [0.5, 0.6) is 5.75 Å². The number of anilines is 1. The van der Waals surface area contributed by atoms with Crippen molar-refractivity contribution in [3.05, 3.63) is 59.1 Å². The summed E-state index contributed by atoms with van der Waals surface area (Å²) in [6.45, 7) is 3.62. The van der Waals surface area contributed by atoms with Gasteiger partial charge in [-0.3, -0.25) is 0 Å². The maximum absolute atomic E-state index is 6.13. The molecule has 2 aromatic rings. The normalized spacial score (nSPS) is 10.3. The van der Waals surface area contributed by atoms with Crippen molar-refractivity contribution in [3.8, 4) is 5.75 Å². The van der Waals surface area contributed by atoms with E-state index in [0.29, 0.717) is 6.61 Å². The predicted molar refractivity (Wildman–Crippen MR) is 85.9 cm³/mol. The lowest BCUT2D eigenvalue weighted by atomic mass is 10.1. The van der Waals surface area contributed by atoms with Crippen LogP contribution >= 0.6 is 11.6 Å². The van der Waals surface area contributed by atoms with Crippen molar-refractivity contribution in [1.82, 2.24) is 0 Å². The van der Waals surface area contributed by atoms with Crippen molar-refractivity contribution in [1.29, 1.82) is 0 Å². The van der Waals surface area contributed by atoms with E-state index in [1.54, 1.807) is 0 Å². The Balaban J connectivity index is 1.74. The molecule has 0 radical (unpaired) electrons. The summed E-state index contributed by atoms with van der Waals surface area (Å²) in [4.78, 5) is 0. The second-order valence-electron chi connectivity index (χ2n) is 4.58. The van der Waals surface area contributed by atoms with Crippen LogP contribution in [0.2, 0.25) is 5.02 Å². The lowest BCUT2D eigenvalue weighted by Gasteiger charge is -2.08. The highest BCUT2D eigenvalue weighted by atomic mass is 35.5. The number of hydrogen-bond donors (Lipinski definition) is 1. The summed E-state index contributed by atoms with van der Waals surface area (Å²) in [5.74, 6) is 0.911. The van der Waals surface area contributed by atoms with E-state index in [4.69, 9.17) is 16.3 Å². The second-order valence-corrected chi connectivity index (χ2v) is 4.99. The van der Waals surface area contributed by atoms with Crippen LogP contribution in [-0.2, 0) is 6.42 Å². The molecule has 0 aliphatic heterocycles. The first kappa shape index (κ1) is 14.7. The molecule has 0 heterocycles. The monoisotopic (exact) mass is 289 g/mol. The maximum atomic E-state index is 6.13. The van der Waals surface area contributed by atoms with E-state index >= 15 is 0 Å². The van der Waals surface area contributed by atoms with Crippen molar-refractivity contribution >= 4 is 17.3 Å². The fourth-order valence-electron chi connectivity index (χ4n) is 2.05. The topological polar surface area (TPSA) is 21.3 Å². The summed E-state index contributed by atoms with van der Waals surface area (Å²) in [5.41, 5.74) is 2.33. The van der Waals surface area contributed by atoms with Crippen LogP contribution in [0.25, 0.3) is 0 Å². The third-order valence-corrected chi connectivity index (χ3v) is 3.44. The molecule has 0 aliphatic carbocycles. The number of aryl methyl sites for hydroxylation is 1. The minimum atomic E-state index is 0.699. The molecule has 0 atom stereocenters. The molecule has 2 rings (SSSR count). The molecular formula is C17H20ClNO. The fraction of sp³-hybridized carbons (Fsp3) is 0.294. The molecule has 106 valence electrons. The van der Waals surface area contributed by atoms with Crippen LogP contribution < -0.4 is 10.1 Å². The molecule has 2 aromatic carbocycles. The van der Waals surface area contributed by atoms with E-state index in [1.807, 2.05) is 49.4 Å². The number of ether oxygens (including phenoxy) is 1. The van der Waals surface area contributed by atoms with Crippen molar-refractivity contribution in [2.45, 2.75) is 19.8 Å². The predicted octanol–water partition coefficient (Wildman–Crippen LogP) is 4.78. The van der Waals surface area contributed by atoms with Gasteiger partial charge in [0.25, 0.3) is 0 Å². The van der Waals surface area contributed by atoms with Gasteiger partial charge < -0.3 is 10.1 Å². The minimum Gasteiger partial charge on any atom is -0.494 e. The zero-order valence-corrected chi connectivity index (χ0v) is 12.5. The van der Waals surface area contributed by atoms with Gasteiger partial charge in [0.15, 0.2) is 0 Å². The minimum absolute atomic E-state index is 0.699.